The summed E-state index contributed by atoms with van der Waals surface area (Å²) < 4.78 is 11.1. The molecule has 1 saturated heterocycles. The Hall–Kier alpha value is -0.120. The summed E-state index contributed by atoms with van der Waals surface area (Å²) >= 11 is 0. The quantitative estimate of drug-likeness (QED) is 0.691. The van der Waals surface area contributed by atoms with Crippen LogP contribution in [0.3, 0.4) is 0 Å². The number of rotatable bonds is 3. The van der Waals surface area contributed by atoms with E-state index >= 15 is 0 Å². The van der Waals surface area contributed by atoms with Gasteiger partial charge in [-0.2, -0.15) is 0 Å². The van der Waals surface area contributed by atoms with Crippen molar-refractivity contribution in [3.8, 4) is 0 Å². The van der Waals surface area contributed by atoms with E-state index < -0.39 is 0 Å². The Bertz CT molecular complexity index is 148. The number of ether oxygens (including phenoxy) is 2. The van der Waals surface area contributed by atoms with E-state index in [0.717, 1.165) is 32.3 Å². The fourth-order valence-electron chi connectivity index (χ4n) is 1.54. The number of hydrogen-bond donors (Lipinski definition) is 1. The highest BCUT2D eigenvalue weighted by Gasteiger charge is 2.45. The predicted molar refractivity (Wildman–Crippen MR) is 43.7 cm³/mol. The third kappa shape index (κ3) is 1.79. The van der Waals surface area contributed by atoms with Crippen molar-refractivity contribution < 1.29 is 14.6 Å². The molecule has 0 amide bonds. The van der Waals surface area contributed by atoms with Crippen LogP contribution in [0, 0.1) is 0 Å². The molecule has 1 N–H and O–H groups in total. The van der Waals surface area contributed by atoms with E-state index in [1.165, 1.54) is 6.42 Å². The van der Waals surface area contributed by atoms with Crippen molar-refractivity contribution in [3.63, 3.8) is 0 Å². The molecule has 1 saturated carbocycles. The van der Waals surface area contributed by atoms with E-state index in [0.29, 0.717) is 0 Å². The van der Waals surface area contributed by atoms with Crippen LogP contribution in [0.15, 0.2) is 0 Å². The molecule has 0 aromatic heterocycles. The van der Waals surface area contributed by atoms with Crippen molar-refractivity contribution >= 4 is 0 Å². The second kappa shape index (κ2) is 3.32. The summed E-state index contributed by atoms with van der Waals surface area (Å²) in [5.74, 6) is 0. The molecule has 1 aliphatic carbocycles. The minimum atomic E-state index is -0.220. The van der Waals surface area contributed by atoms with Gasteiger partial charge in [-0.1, -0.05) is 0 Å². The van der Waals surface area contributed by atoms with Crippen LogP contribution in [0.2, 0.25) is 0 Å². The van der Waals surface area contributed by atoms with Crippen LogP contribution >= 0.6 is 0 Å². The second-order valence-corrected chi connectivity index (χ2v) is 3.76. The minimum Gasteiger partial charge on any atom is -0.393 e. The van der Waals surface area contributed by atoms with Gasteiger partial charge in [0.25, 0.3) is 0 Å². The molecule has 1 aliphatic heterocycles. The molecule has 3 nitrogen and oxygen atoms in total. The van der Waals surface area contributed by atoms with Crippen LogP contribution in [0.25, 0.3) is 0 Å². The molecular formula is C9H16O3. The fraction of sp³-hybridized carbons (Fsp3) is 1.00. The third-order valence-corrected chi connectivity index (χ3v) is 2.62. The molecule has 12 heavy (non-hydrogen) atoms. The van der Waals surface area contributed by atoms with Crippen molar-refractivity contribution in [1.29, 1.82) is 0 Å². The van der Waals surface area contributed by atoms with Crippen molar-refractivity contribution in [2.75, 3.05) is 13.2 Å². The van der Waals surface area contributed by atoms with Crippen LogP contribution in [0.4, 0.5) is 0 Å². The lowest BCUT2D eigenvalue weighted by Gasteiger charge is -2.26. The maximum Gasteiger partial charge on any atom is 0.158 e. The zero-order chi connectivity index (χ0) is 8.44. The van der Waals surface area contributed by atoms with E-state index in [1.807, 2.05) is 0 Å². The fourth-order valence-corrected chi connectivity index (χ4v) is 1.54. The largest absolute Gasteiger partial charge is 0.393 e. The van der Waals surface area contributed by atoms with E-state index in [-0.39, 0.29) is 18.5 Å². The molecule has 0 spiro atoms. The first kappa shape index (κ1) is 8.48. The normalized spacial score (nSPS) is 33.2. The predicted octanol–water partition coefficient (Wildman–Crippen LogP) is 1.05. The summed E-state index contributed by atoms with van der Waals surface area (Å²) in [6.45, 7) is 0.957. The van der Waals surface area contributed by atoms with Gasteiger partial charge in [0.15, 0.2) is 6.29 Å². The smallest absolute Gasteiger partial charge is 0.158 e. The third-order valence-electron chi connectivity index (χ3n) is 2.62. The van der Waals surface area contributed by atoms with Gasteiger partial charge in [-0.15, -0.1) is 0 Å². The first-order chi connectivity index (χ1) is 5.85. The average Bonchev–Trinajstić information content (AvgIpc) is 2.88. The lowest BCUT2D eigenvalue weighted by atomic mass is 10.2. The van der Waals surface area contributed by atoms with Gasteiger partial charge in [-0.05, 0) is 32.1 Å². The van der Waals surface area contributed by atoms with Gasteiger partial charge in [0.05, 0.1) is 12.2 Å². The van der Waals surface area contributed by atoms with Crippen LogP contribution in [0.5, 0.6) is 0 Å². The van der Waals surface area contributed by atoms with Crippen molar-refractivity contribution in [2.45, 2.75) is 44.0 Å². The highest BCUT2D eigenvalue weighted by molar-refractivity contribution is 4.95. The molecule has 70 valence electrons. The standard InChI is InChI=1S/C9H16O3/c10-7-9(4-5-9)12-8-3-1-2-6-11-8/h8,10H,1-7H2/t8-/m1/s1. The van der Waals surface area contributed by atoms with Crippen molar-refractivity contribution in [3.05, 3.63) is 0 Å². The SMILES string of the molecule is OCC1(O[C@@H]2CCCCO2)CC1. The summed E-state index contributed by atoms with van der Waals surface area (Å²) in [5.41, 5.74) is -0.220. The Morgan fingerprint density at radius 3 is 2.75 bits per heavy atom. The molecule has 2 rings (SSSR count). The Morgan fingerprint density at radius 2 is 2.25 bits per heavy atom. The Balaban J connectivity index is 1.77. The molecule has 3 heteroatoms. The monoisotopic (exact) mass is 172 g/mol. The minimum absolute atomic E-state index is 0.0478. The summed E-state index contributed by atoms with van der Waals surface area (Å²) in [5, 5.41) is 9.01. The average molecular weight is 172 g/mol. The zero-order valence-electron chi connectivity index (χ0n) is 7.29. The van der Waals surface area contributed by atoms with Gasteiger partial charge in [0.1, 0.15) is 0 Å². The van der Waals surface area contributed by atoms with E-state index in [2.05, 4.69) is 0 Å². The van der Waals surface area contributed by atoms with Crippen molar-refractivity contribution in [2.24, 2.45) is 0 Å². The Labute approximate surface area is 72.7 Å². The molecule has 2 fully saturated rings. The summed E-state index contributed by atoms with van der Waals surface area (Å²) in [6, 6.07) is 0. The summed E-state index contributed by atoms with van der Waals surface area (Å²) in [4.78, 5) is 0. The van der Waals surface area contributed by atoms with Crippen molar-refractivity contribution in [1.82, 2.24) is 0 Å². The highest BCUT2D eigenvalue weighted by Crippen LogP contribution is 2.41. The Morgan fingerprint density at radius 1 is 1.42 bits per heavy atom. The molecule has 1 atom stereocenters. The van der Waals surface area contributed by atoms with Crippen LogP contribution in [-0.4, -0.2) is 30.2 Å². The van der Waals surface area contributed by atoms with Crippen LogP contribution in [0.1, 0.15) is 32.1 Å². The molecular weight excluding hydrogens is 156 g/mol. The second-order valence-electron chi connectivity index (χ2n) is 3.76. The summed E-state index contributed by atoms with van der Waals surface area (Å²) in [6.07, 6.45) is 5.25. The van der Waals surface area contributed by atoms with Gasteiger partial charge < -0.3 is 14.6 Å². The van der Waals surface area contributed by atoms with Gasteiger partial charge in [0.2, 0.25) is 0 Å². The van der Waals surface area contributed by atoms with Gasteiger partial charge in [-0.3, -0.25) is 0 Å². The molecule has 0 radical (unpaired) electrons. The maximum absolute atomic E-state index is 9.01. The number of aliphatic hydroxyl groups is 1. The molecule has 2 aliphatic rings. The first-order valence-corrected chi connectivity index (χ1v) is 4.75. The van der Waals surface area contributed by atoms with Gasteiger partial charge in [-0.25, -0.2) is 0 Å². The molecule has 0 aromatic carbocycles. The first-order valence-electron chi connectivity index (χ1n) is 4.75. The highest BCUT2D eigenvalue weighted by atomic mass is 16.7. The van der Waals surface area contributed by atoms with Crippen LogP contribution < -0.4 is 0 Å². The van der Waals surface area contributed by atoms with E-state index in [1.54, 1.807) is 0 Å². The summed E-state index contributed by atoms with van der Waals surface area (Å²) in [7, 11) is 0. The molecule has 0 aromatic rings. The number of aliphatic hydroxyl groups excluding tert-OH is 1. The van der Waals surface area contributed by atoms with E-state index in [4.69, 9.17) is 14.6 Å². The number of hydrogen-bond acceptors (Lipinski definition) is 3. The lowest BCUT2D eigenvalue weighted by Crippen LogP contribution is -2.31. The van der Waals surface area contributed by atoms with Gasteiger partial charge >= 0.3 is 0 Å². The topological polar surface area (TPSA) is 38.7 Å². The molecule has 1 heterocycles. The van der Waals surface area contributed by atoms with Gasteiger partial charge in [0, 0.05) is 6.61 Å². The maximum atomic E-state index is 9.01. The Kier molecular flexibility index (Phi) is 2.35. The molecule has 0 unspecified atom stereocenters. The lowest BCUT2D eigenvalue weighted by molar-refractivity contribution is -0.204. The van der Waals surface area contributed by atoms with E-state index in [9.17, 15) is 0 Å². The molecule has 0 bridgehead atoms. The van der Waals surface area contributed by atoms with Crippen LogP contribution in [-0.2, 0) is 9.47 Å². The zero-order valence-corrected chi connectivity index (χ0v) is 7.29.